The molecule has 2 atom stereocenters. The molecular formula is C13H16N2O4. The van der Waals surface area contributed by atoms with Crippen molar-refractivity contribution in [3.05, 3.63) is 29.8 Å². The van der Waals surface area contributed by atoms with Gasteiger partial charge in [-0.05, 0) is 37.1 Å². The van der Waals surface area contributed by atoms with E-state index >= 15 is 0 Å². The Kier molecular flexibility index (Phi) is 4.48. The van der Waals surface area contributed by atoms with Crippen molar-refractivity contribution in [2.75, 3.05) is 6.61 Å². The fourth-order valence-corrected chi connectivity index (χ4v) is 1.95. The summed E-state index contributed by atoms with van der Waals surface area (Å²) in [5.41, 5.74) is 2.68. The molecule has 1 aliphatic rings. The average molecular weight is 264 g/mol. The Morgan fingerprint density at radius 2 is 2.16 bits per heavy atom. The van der Waals surface area contributed by atoms with E-state index in [1.165, 1.54) is 0 Å². The Labute approximate surface area is 110 Å². The number of hydrogen-bond donors (Lipinski definition) is 2. The zero-order valence-corrected chi connectivity index (χ0v) is 10.4. The molecule has 1 amide bonds. The lowest BCUT2D eigenvalue weighted by Gasteiger charge is -2.13. The van der Waals surface area contributed by atoms with E-state index in [2.05, 4.69) is 5.43 Å². The Morgan fingerprint density at radius 1 is 1.42 bits per heavy atom. The molecule has 2 rings (SSSR count). The molecule has 1 heterocycles. The fraction of sp³-hybridized carbons (Fsp3) is 0.385. The maximum absolute atomic E-state index is 11.3. The summed E-state index contributed by atoms with van der Waals surface area (Å²) in [5, 5.41) is 0. The lowest BCUT2D eigenvalue weighted by molar-refractivity contribution is -0.132. The van der Waals surface area contributed by atoms with Gasteiger partial charge in [0.1, 0.15) is 24.7 Å². The largest absolute Gasteiger partial charge is 0.491 e. The quantitative estimate of drug-likeness (QED) is 0.348. The van der Waals surface area contributed by atoms with Crippen LogP contribution in [-0.4, -0.2) is 31.0 Å². The highest BCUT2D eigenvalue weighted by Gasteiger charge is 2.30. The Bertz CT molecular complexity index is 446. The van der Waals surface area contributed by atoms with Crippen LogP contribution in [0.5, 0.6) is 5.75 Å². The number of nitrogens with one attached hydrogen (secondary N) is 1. The van der Waals surface area contributed by atoms with Gasteiger partial charge in [-0.25, -0.2) is 5.84 Å². The summed E-state index contributed by atoms with van der Waals surface area (Å²) in [6, 6.07) is 6.82. The molecule has 1 fully saturated rings. The zero-order chi connectivity index (χ0) is 13.7. The summed E-state index contributed by atoms with van der Waals surface area (Å²) in [6.07, 6.45) is 1.56. The van der Waals surface area contributed by atoms with Crippen LogP contribution in [0.3, 0.4) is 0 Å². The van der Waals surface area contributed by atoms with Crippen LogP contribution >= 0.6 is 0 Å². The van der Waals surface area contributed by atoms with Crippen molar-refractivity contribution >= 4 is 12.2 Å². The number of ether oxygens (including phenoxy) is 2. The third kappa shape index (κ3) is 3.52. The first-order valence-corrected chi connectivity index (χ1v) is 6.07. The van der Waals surface area contributed by atoms with Gasteiger partial charge >= 0.3 is 0 Å². The fourth-order valence-electron chi connectivity index (χ4n) is 1.95. The number of aldehydes is 1. The van der Waals surface area contributed by atoms with Gasteiger partial charge in [0.15, 0.2) is 0 Å². The third-order valence-electron chi connectivity index (χ3n) is 2.99. The second-order valence-corrected chi connectivity index (χ2v) is 4.33. The van der Waals surface area contributed by atoms with Crippen LogP contribution in [0, 0.1) is 0 Å². The number of amides is 1. The SMILES string of the molecule is NNC(=O)C1CCC(COc2ccc(C=O)cc2)O1. The second kappa shape index (κ2) is 6.31. The van der Waals surface area contributed by atoms with Crippen LogP contribution in [0.1, 0.15) is 23.2 Å². The lowest BCUT2D eigenvalue weighted by Crippen LogP contribution is -2.39. The number of nitrogens with two attached hydrogens (primary N) is 1. The molecular weight excluding hydrogens is 248 g/mol. The molecule has 1 saturated heterocycles. The Morgan fingerprint density at radius 3 is 2.79 bits per heavy atom. The standard InChI is InChI=1S/C13H16N2O4/c14-15-13(17)12-6-5-11(19-12)8-18-10-3-1-9(7-16)2-4-10/h1-4,7,11-12H,5-6,8,14H2,(H,15,17). The van der Waals surface area contributed by atoms with E-state index in [9.17, 15) is 9.59 Å². The Balaban J connectivity index is 1.79. The highest BCUT2D eigenvalue weighted by Crippen LogP contribution is 2.21. The molecule has 0 bridgehead atoms. The first kappa shape index (κ1) is 13.5. The highest BCUT2D eigenvalue weighted by atomic mass is 16.5. The summed E-state index contributed by atoms with van der Waals surface area (Å²) >= 11 is 0. The smallest absolute Gasteiger partial charge is 0.263 e. The Hall–Kier alpha value is -1.92. The topological polar surface area (TPSA) is 90.6 Å². The normalized spacial score (nSPS) is 21.9. The van der Waals surface area contributed by atoms with Gasteiger partial charge in [0.05, 0.1) is 6.10 Å². The molecule has 3 N–H and O–H groups in total. The molecule has 102 valence electrons. The minimum Gasteiger partial charge on any atom is -0.491 e. The van der Waals surface area contributed by atoms with Crippen molar-refractivity contribution in [1.82, 2.24) is 5.43 Å². The molecule has 1 aliphatic heterocycles. The lowest BCUT2D eigenvalue weighted by atomic mass is 10.2. The van der Waals surface area contributed by atoms with Crippen molar-refractivity contribution in [2.24, 2.45) is 5.84 Å². The van der Waals surface area contributed by atoms with Crippen LogP contribution in [0.25, 0.3) is 0 Å². The van der Waals surface area contributed by atoms with Crippen molar-refractivity contribution in [2.45, 2.75) is 25.0 Å². The van der Waals surface area contributed by atoms with Crippen LogP contribution < -0.4 is 16.0 Å². The van der Waals surface area contributed by atoms with Crippen molar-refractivity contribution in [3.63, 3.8) is 0 Å². The van der Waals surface area contributed by atoms with E-state index in [0.29, 0.717) is 24.3 Å². The predicted octanol–water partition coefficient (Wildman–Crippen LogP) is 0.415. The van der Waals surface area contributed by atoms with Crippen LogP contribution in [-0.2, 0) is 9.53 Å². The summed E-state index contributed by atoms with van der Waals surface area (Å²) in [7, 11) is 0. The summed E-state index contributed by atoms with van der Waals surface area (Å²) < 4.78 is 11.1. The number of carbonyl (C=O) groups excluding carboxylic acids is 2. The van der Waals surface area contributed by atoms with E-state index in [-0.39, 0.29) is 12.0 Å². The minimum absolute atomic E-state index is 0.118. The van der Waals surface area contributed by atoms with Crippen molar-refractivity contribution in [1.29, 1.82) is 0 Å². The van der Waals surface area contributed by atoms with E-state index in [1.807, 2.05) is 0 Å². The average Bonchev–Trinajstić information content (AvgIpc) is 2.93. The van der Waals surface area contributed by atoms with E-state index in [1.54, 1.807) is 24.3 Å². The molecule has 6 nitrogen and oxygen atoms in total. The number of rotatable bonds is 5. The summed E-state index contributed by atoms with van der Waals surface area (Å²) in [6.45, 7) is 0.370. The molecule has 6 heteroatoms. The van der Waals surface area contributed by atoms with Crippen LogP contribution in [0.2, 0.25) is 0 Å². The zero-order valence-electron chi connectivity index (χ0n) is 10.4. The summed E-state index contributed by atoms with van der Waals surface area (Å²) in [5.74, 6) is 5.41. The van der Waals surface area contributed by atoms with Crippen molar-refractivity contribution in [3.8, 4) is 5.75 Å². The molecule has 19 heavy (non-hydrogen) atoms. The molecule has 0 spiro atoms. The predicted molar refractivity (Wildman–Crippen MR) is 67.5 cm³/mol. The van der Waals surface area contributed by atoms with Gasteiger partial charge in [0, 0.05) is 5.56 Å². The molecule has 0 aliphatic carbocycles. The molecule has 1 aromatic carbocycles. The van der Waals surface area contributed by atoms with E-state index < -0.39 is 6.10 Å². The maximum Gasteiger partial charge on any atom is 0.263 e. The van der Waals surface area contributed by atoms with Gasteiger partial charge in [-0.2, -0.15) is 0 Å². The summed E-state index contributed by atoms with van der Waals surface area (Å²) in [4.78, 5) is 21.8. The van der Waals surface area contributed by atoms with E-state index in [0.717, 1.165) is 12.7 Å². The van der Waals surface area contributed by atoms with Gasteiger partial charge in [0.25, 0.3) is 5.91 Å². The number of hydrogen-bond acceptors (Lipinski definition) is 5. The van der Waals surface area contributed by atoms with Crippen LogP contribution in [0.4, 0.5) is 0 Å². The van der Waals surface area contributed by atoms with Crippen LogP contribution in [0.15, 0.2) is 24.3 Å². The monoisotopic (exact) mass is 264 g/mol. The van der Waals surface area contributed by atoms with Gasteiger partial charge in [-0.1, -0.05) is 0 Å². The minimum atomic E-state index is -0.490. The second-order valence-electron chi connectivity index (χ2n) is 4.33. The first-order valence-electron chi connectivity index (χ1n) is 6.07. The first-order chi connectivity index (χ1) is 9.22. The van der Waals surface area contributed by atoms with Gasteiger partial charge in [-0.3, -0.25) is 15.0 Å². The molecule has 0 radical (unpaired) electrons. The molecule has 0 saturated carbocycles. The third-order valence-corrected chi connectivity index (χ3v) is 2.99. The number of hydrazine groups is 1. The van der Waals surface area contributed by atoms with Gasteiger partial charge in [-0.15, -0.1) is 0 Å². The van der Waals surface area contributed by atoms with Crippen molar-refractivity contribution < 1.29 is 19.1 Å². The highest BCUT2D eigenvalue weighted by molar-refractivity contribution is 5.80. The molecule has 1 aromatic rings. The van der Waals surface area contributed by atoms with E-state index in [4.69, 9.17) is 15.3 Å². The maximum atomic E-state index is 11.3. The van der Waals surface area contributed by atoms with Gasteiger partial charge in [0.2, 0.25) is 0 Å². The number of benzene rings is 1. The molecule has 2 unspecified atom stereocenters. The van der Waals surface area contributed by atoms with Gasteiger partial charge < -0.3 is 9.47 Å². The number of carbonyl (C=O) groups is 2. The molecule has 0 aromatic heterocycles.